The first-order valence-corrected chi connectivity index (χ1v) is 28.4. The number of hydrogen-bond donors (Lipinski definition) is 0. The van der Waals surface area contributed by atoms with Crippen LogP contribution in [0.2, 0.25) is 0 Å². The van der Waals surface area contributed by atoms with Gasteiger partial charge in [-0.25, -0.2) is 0 Å². The molecule has 12 aromatic carbocycles. The maximum absolute atomic E-state index is 6.89. The van der Waals surface area contributed by atoms with Gasteiger partial charge in [0, 0.05) is 110 Å². The van der Waals surface area contributed by atoms with Crippen LogP contribution in [-0.4, -0.2) is 9.13 Å². The van der Waals surface area contributed by atoms with Gasteiger partial charge >= 0.3 is 0 Å². The minimum absolute atomic E-state index is 0.844. The minimum atomic E-state index is 0.844. The molecule has 0 radical (unpaired) electrons. The van der Waals surface area contributed by atoms with E-state index in [1.807, 2.05) is 0 Å². The topological polar surface area (TPSA) is 42.6 Å². The summed E-state index contributed by atoms with van der Waals surface area (Å²) in [6.07, 6.45) is 0. The van der Waals surface area contributed by atoms with E-state index in [1.54, 1.807) is 11.3 Å². The van der Waals surface area contributed by atoms with E-state index in [9.17, 15) is 0 Å². The Morgan fingerprint density at radius 1 is 0.296 bits per heavy atom. The van der Waals surface area contributed by atoms with Crippen molar-refractivity contribution in [2.45, 2.75) is 13.8 Å². The van der Waals surface area contributed by atoms with E-state index in [2.05, 4.69) is 288 Å². The van der Waals surface area contributed by atoms with Crippen molar-refractivity contribution in [3.05, 3.63) is 266 Å². The normalized spacial score (nSPS) is 12.1. The number of rotatable bonds is 8. The van der Waals surface area contributed by atoms with Crippen LogP contribution >= 0.6 is 11.3 Å². The summed E-state index contributed by atoms with van der Waals surface area (Å²) in [7, 11) is 0. The van der Waals surface area contributed by atoms with Gasteiger partial charge in [0.25, 0.3) is 0 Å². The number of hydrogen-bond acceptors (Lipinski definition) is 5. The summed E-state index contributed by atoms with van der Waals surface area (Å²) < 4.78 is 20.9. The van der Waals surface area contributed by atoms with Gasteiger partial charge in [0.2, 0.25) is 0 Å². The molecule has 6 nitrogen and oxygen atoms in total. The van der Waals surface area contributed by atoms with E-state index < -0.39 is 0 Å². The SMILES string of the molecule is Cc1cccc(-n2c3ccccc3c3c(N(c4ccccc4)c4ccc5c(c4)oc4cc6sc7cc8oc9cc(N(c%10ccccc%10)c%10cccc%11c%10c%10ccccc%10n%11-c%10cccc(C)c%10)ccc9c8cc7c6cc45)cccc32)c1. The lowest BCUT2D eigenvalue weighted by Gasteiger charge is -2.26. The minimum Gasteiger partial charge on any atom is -0.456 e. The van der Waals surface area contributed by atoms with E-state index in [4.69, 9.17) is 8.83 Å². The highest BCUT2D eigenvalue weighted by Crippen LogP contribution is 2.49. The second-order valence-electron chi connectivity index (χ2n) is 21.4. The summed E-state index contributed by atoms with van der Waals surface area (Å²) in [6, 6.07) is 92.3. The predicted molar refractivity (Wildman–Crippen MR) is 341 cm³/mol. The van der Waals surface area contributed by atoms with Crippen molar-refractivity contribution in [1.29, 1.82) is 0 Å². The van der Waals surface area contributed by atoms with Gasteiger partial charge in [0.1, 0.15) is 22.3 Å². The molecule has 0 N–H and O–H groups in total. The summed E-state index contributed by atoms with van der Waals surface area (Å²) in [5.74, 6) is 0. The molecular formula is C74H48N4O2S. The van der Waals surface area contributed by atoms with E-state index in [1.165, 1.54) is 63.9 Å². The zero-order chi connectivity index (χ0) is 53.4. The first-order chi connectivity index (χ1) is 40.0. The number of fused-ring (bicyclic) bond motifs is 15. The van der Waals surface area contributed by atoms with E-state index in [0.717, 1.165) is 100 Å². The molecule has 17 rings (SSSR count). The second kappa shape index (κ2) is 17.6. The molecule has 0 amide bonds. The zero-order valence-electron chi connectivity index (χ0n) is 44.3. The molecule has 17 aromatic rings. The zero-order valence-corrected chi connectivity index (χ0v) is 45.1. The van der Waals surface area contributed by atoms with Crippen LogP contribution in [0.5, 0.6) is 0 Å². The number of nitrogens with zero attached hydrogens (tertiary/aromatic N) is 4. The quantitative estimate of drug-likeness (QED) is 0.152. The molecule has 0 atom stereocenters. The fourth-order valence-corrected chi connectivity index (χ4v) is 14.2. The van der Waals surface area contributed by atoms with Crippen molar-refractivity contribution in [2.24, 2.45) is 0 Å². The van der Waals surface area contributed by atoms with Crippen LogP contribution in [0.1, 0.15) is 11.1 Å². The maximum Gasteiger partial charge on any atom is 0.137 e. The number of thiophene rings is 1. The lowest BCUT2D eigenvalue weighted by molar-refractivity contribution is 0.669. The van der Waals surface area contributed by atoms with Crippen LogP contribution in [0, 0.1) is 13.8 Å². The molecule has 382 valence electrons. The van der Waals surface area contributed by atoms with Crippen molar-refractivity contribution in [3.8, 4) is 11.4 Å². The van der Waals surface area contributed by atoms with Crippen molar-refractivity contribution < 1.29 is 8.83 Å². The monoisotopic (exact) mass is 1060 g/mol. The van der Waals surface area contributed by atoms with Gasteiger partial charge in [-0.2, -0.15) is 0 Å². The van der Waals surface area contributed by atoms with Crippen LogP contribution < -0.4 is 9.80 Å². The number of para-hydroxylation sites is 4. The molecule has 0 spiro atoms. The molecule has 0 saturated carbocycles. The third kappa shape index (κ3) is 6.99. The van der Waals surface area contributed by atoms with Crippen LogP contribution in [0.4, 0.5) is 34.1 Å². The first-order valence-electron chi connectivity index (χ1n) is 27.6. The lowest BCUT2D eigenvalue weighted by Crippen LogP contribution is -2.10. The van der Waals surface area contributed by atoms with Gasteiger partial charge in [-0.15, -0.1) is 11.3 Å². The van der Waals surface area contributed by atoms with E-state index >= 15 is 0 Å². The number of anilines is 6. The Bertz CT molecular complexity index is 5070. The molecule has 0 saturated heterocycles. The molecule has 0 aliphatic heterocycles. The van der Waals surface area contributed by atoms with Crippen molar-refractivity contribution in [3.63, 3.8) is 0 Å². The van der Waals surface area contributed by atoms with Crippen LogP contribution in [0.15, 0.2) is 264 Å². The van der Waals surface area contributed by atoms with Gasteiger partial charge in [-0.05, 0) is 158 Å². The van der Waals surface area contributed by atoms with Crippen molar-refractivity contribution >= 4 is 153 Å². The predicted octanol–water partition coefficient (Wildman–Crippen LogP) is 21.6. The smallest absolute Gasteiger partial charge is 0.137 e. The van der Waals surface area contributed by atoms with Gasteiger partial charge in [0.05, 0.1) is 33.4 Å². The Kier molecular flexibility index (Phi) is 9.91. The lowest BCUT2D eigenvalue weighted by atomic mass is 10.0. The van der Waals surface area contributed by atoms with Gasteiger partial charge in [0.15, 0.2) is 0 Å². The van der Waals surface area contributed by atoms with E-state index in [-0.39, 0.29) is 0 Å². The number of aromatic nitrogens is 2. The Morgan fingerprint density at radius 2 is 0.704 bits per heavy atom. The van der Waals surface area contributed by atoms with Crippen LogP contribution in [0.3, 0.4) is 0 Å². The molecule has 0 fully saturated rings. The number of aryl methyl sites for hydroxylation is 2. The highest BCUT2D eigenvalue weighted by atomic mass is 32.1. The average Bonchev–Trinajstić information content (AvgIpc) is 4.38. The Morgan fingerprint density at radius 3 is 1.16 bits per heavy atom. The summed E-state index contributed by atoms with van der Waals surface area (Å²) >= 11 is 1.78. The van der Waals surface area contributed by atoms with Gasteiger partial charge < -0.3 is 27.8 Å². The molecule has 0 aliphatic carbocycles. The summed E-state index contributed by atoms with van der Waals surface area (Å²) in [5, 5.41) is 11.6. The molecule has 81 heavy (non-hydrogen) atoms. The fraction of sp³-hybridized carbons (Fsp3) is 0.0270. The highest BCUT2D eigenvalue weighted by molar-refractivity contribution is 7.26. The number of furan rings is 2. The van der Waals surface area contributed by atoms with Crippen molar-refractivity contribution in [2.75, 3.05) is 9.80 Å². The first kappa shape index (κ1) is 45.7. The van der Waals surface area contributed by atoms with Gasteiger partial charge in [-0.1, -0.05) is 109 Å². The maximum atomic E-state index is 6.89. The molecular weight excluding hydrogens is 1010 g/mol. The van der Waals surface area contributed by atoms with Crippen LogP contribution in [-0.2, 0) is 0 Å². The molecule has 0 aliphatic rings. The van der Waals surface area contributed by atoms with Crippen molar-refractivity contribution in [1.82, 2.24) is 9.13 Å². The number of benzene rings is 12. The largest absolute Gasteiger partial charge is 0.456 e. The fourth-order valence-electron chi connectivity index (χ4n) is 13.0. The molecule has 5 aromatic heterocycles. The molecule has 0 unspecified atom stereocenters. The summed E-state index contributed by atoms with van der Waals surface area (Å²) in [6.45, 7) is 4.31. The second-order valence-corrected chi connectivity index (χ2v) is 22.5. The Hall–Kier alpha value is -10.3. The average molecular weight is 1060 g/mol. The molecule has 5 heterocycles. The Balaban J connectivity index is 0.784. The highest BCUT2D eigenvalue weighted by Gasteiger charge is 2.25. The molecule has 0 bridgehead atoms. The van der Waals surface area contributed by atoms with Gasteiger partial charge in [-0.3, -0.25) is 0 Å². The Labute approximate surface area is 469 Å². The van der Waals surface area contributed by atoms with E-state index in [0.29, 0.717) is 0 Å². The summed E-state index contributed by atoms with van der Waals surface area (Å²) in [5.41, 5.74) is 19.2. The molecule has 7 heteroatoms. The third-order valence-corrected chi connectivity index (χ3v) is 17.6. The summed E-state index contributed by atoms with van der Waals surface area (Å²) in [4.78, 5) is 4.76. The third-order valence-electron chi connectivity index (χ3n) is 16.5. The standard InChI is InChI=1S/C74H48N4O2S/c1-45-17-13-23-49(37-45)77-61-27-11-9-25-55(61)73-63(29-15-31-65(73)77)75(47-19-5-3-6-20-47)51-33-35-53-57-41-59-60-42-58-54-36-34-52(40-68(54)80-70(58)44-72(60)81-71(59)43-69(57)79-67(53)39-51)76(48-21-7-4-8-22-48)64-30-16-32-66-74(64)56-26-10-12-28-62(56)78(66)50-24-14-18-46(2)38-50/h3-44H,1-2H3. The van der Waals surface area contributed by atoms with Crippen LogP contribution in [0.25, 0.3) is 119 Å².